The van der Waals surface area contributed by atoms with Crippen LogP contribution in [0.2, 0.25) is 0 Å². The monoisotopic (exact) mass is 555 g/mol. The molecule has 0 spiro atoms. The van der Waals surface area contributed by atoms with Crippen molar-refractivity contribution in [1.82, 2.24) is 14.8 Å². The summed E-state index contributed by atoms with van der Waals surface area (Å²) in [4.78, 5) is 39.6. The number of aliphatic imine (C=N–C) groups is 1. The highest BCUT2D eigenvalue weighted by atomic mass is 16.6. The standard InChI is InChI=1S/C32H37N5O4/c1-20-24-19-40-30(34-27(24)15-14-25(20)35-31(39)41-32(3,4)5)37-18-16-22-11-7-8-12-23(22)28(37)29(38)36(6)21(2)26-13-9-10-17-33-26/h7-15,17,21,28H,16,18-19H2,1-6H3,(H,35,39). The Balaban J connectivity index is 1.45. The van der Waals surface area contributed by atoms with E-state index in [0.29, 0.717) is 18.3 Å². The van der Waals surface area contributed by atoms with Crippen molar-refractivity contribution in [3.05, 3.63) is 88.7 Å². The molecule has 0 bridgehead atoms. The van der Waals surface area contributed by atoms with Gasteiger partial charge in [-0.2, -0.15) is 4.99 Å². The lowest BCUT2D eigenvalue weighted by Gasteiger charge is -2.41. The van der Waals surface area contributed by atoms with Crippen LogP contribution in [0.3, 0.4) is 0 Å². The van der Waals surface area contributed by atoms with Crippen LogP contribution in [0.1, 0.15) is 67.7 Å². The molecule has 2 unspecified atom stereocenters. The molecule has 0 saturated heterocycles. The Morgan fingerprint density at radius 1 is 1.12 bits per heavy atom. The van der Waals surface area contributed by atoms with E-state index in [2.05, 4.69) is 16.4 Å². The lowest BCUT2D eigenvalue weighted by molar-refractivity contribution is -0.137. The molecule has 41 heavy (non-hydrogen) atoms. The quantitative estimate of drug-likeness (QED) is 0.420. The minimum atomic E-state index is -0.598. The van der Waals surface area contributed by atoms with Crippen molar-refractivity contribution in [3.8, 4) is 0 Å². The van der Waals surface area contributed by atoms with Gasteiger partial charge in [0.05, 0.1) is 17.4 Å². The SMILES string of the molecule is Cc1c(NC(=O)OC(C)(C)C)ccc2c1COC(N1CCc3ccccc3C1C(=O)N(C)C(C)c1ccccn1)=N2. The predicted octanol–water partition coefficient (Wildman–Crippen LogP) is 6.07. The number of ether oxygens (including phenoxy) is 2. The average molecular weight is 556 g/mol. The summed E-state index contributed by atoms with van der Waals surface area (Å²) in [6.45, 7) is 10.2. The molecule has 0 fully saturated rings. The van der Waals surface area contributed by atoms with Crippen LogP contribution in [-0.4, -0.2) is 52.0 Å². The van der Waals surface area contributed by atoms with Gasteiger partial charge in [-0.1, -0.05) is 30.3 Å². The molecule has 3 heterocycles. The normalized spacial score (nSPS) is 16.9. The van der Waals surface area contributed by atoms with Crippen molar-refractivity contribution in [2.45, 2.75) is 65.3 Å². The number of rotatable bonds is 4. The molecule has 9 heteroatoms. The second kappa shape index (κ2) is 11.2. The zero-order valence-corrected chi connectivity index (χ0v) is 24.5. The molecule has 3 aromatic rings. The van der Waals surface area contributed by atoms with Gasteiger partial charge in [-0.15, -0.1) is 0 Å². The zero-order chi connectivity index (χ0) is 29.3. The molecule has 2 aliphatic rings. The van der Waals surface area contributed by atoms with Crippen LogP contribution in [-0.2, 0) is 27.3 Å². The first-order chi connectivity index (χ1) is 19.5. The highest BCUT2D eigenvalue weighted by molar-refractivity contribution is 5.91. The Morgan fingerprint density at radius 2 is 1.88 bits per heavy atom. The summed E-state index contributed by atoms with van der Waals surface area (Å²) in [5.41, 5.74) is 5.45. The molecule has 0 saturated carbocycles. The first kappa shape index (κ1) is 28.1. The number of benzene rings is 2. The van der Waals surface area contributed by atoms with Crippen LogP contribution in [0.5, 0.6) is 0 Å². The predicted molar refractivity (Wildman–Crippen MR) is 158 cm³/mol. The number of anilines is 1. The largest absolute Gasteiger partial charge is 0.460 e. The number of aromatic nitrogens is 1. The van der Waals surface area contributed by atoms with Gasteiger partial charge in [0, 0.05) is 31.0 Å². The maximum Gasteiger partial charge on any atom is 0.412 e. The zero-order valence-electron chi connectivity index (χ0n) is 24.5. The molecule has 214 valence electrons. The molecule has 2 aromatic carbocycles. The summed E-state index contributed by atoms with van der Waals surface area (Å²) in [6, 6.07) is 17.1. The van der Waals surface area contributed by atoms with Gasteiger partial charge in [0.1, 0.15) is 18.2 Å². The van der Waals surface area contributed by atoms with Crippen LogP contribution in [0, 0.1) is 6.92 Å². The van der Waals surface area contributed by atoms with Crippen molar-refractivity contribution in [3.63, 3.8) is 0 Å². The summed E-state index contributed by atoms with van der Waals surface area (Å²) in [5, 5.41) is 2.83. The molecule has 5 rings (SSSR count). The molecule has 9 nitrogen and oxygen atoms in total. The number of hydrogen-bond donors (Lipinski definition) is 1. The Morgan fingerprint density at radius 3 is 2.61 bits per heavy atom. The van der Waals surface area contributed by atoms with Crippen molar-refractivity contribution >= 4 is 29.4 Å². The van der Waals surface area contributed by atoms with E-state index in [0.717, 1.165) is 40.1 Å². The van der Waals surface area contributed by atoms with Crippen LogP contribution in [0.15, 0.2) is 65.8 Å². The maximum absolute atomic E-state index is 14.2. The fourth-order valence-corrected chi connectivity index (χ4v) is 5.24. The lowest BCUT2D eigenvalue weighted by Crippen LogP contribution is -2.49. The van der Waals surface area contributed by atoms with Crippen molar-refractivity contribution in [2.24, 2.45) is 4.99 Å². The highest BCUT2D eigenvalue weighted by Crippen LogP contribution is 2.37. The molecular formula is C32H37N5O4. The van der Waals surface area contributed by atoms with Crippen molar-refractivity contribution < 1.29 is 19.1 Å². The Bertz CT molecular complexity index is 1480. The Hall–Kier alpha value is -4.40. The third kappa shape index (κ3) is 5.89. The summed E-state index contributed by atoms with van der Waals surface area (Å²) >= 11 is 0. The number of carbonyl (C=O) groups is 2. The van der Waals surface area contributed by atoms with E-state index in [1.165, 1.54) is 0 Å². The number of hydrogen-bond acceptors (Lipinski definition) is 7. The Labute approximate surface area is 241 Å². The molecule has 1 N–H and O–H groups in total. The fraction of sp³-hybridized carbons (Fsp3) is 0.375. The van der Waals surface area contributed by atoms with Gasteiger partial charge in [-0.3, -0.25) is 15.1 Å². The second-order valence-corrected chi connectivity index (χ2v) is 11.5. The lowest BCUT2D eigenvalue weighted by atomic mass is 9.91. The number of fused-ring (bicyclic) bond motifs is 2. The number of nitrogens with zero attached hydrogens (tertiary/aromatic N) is 4. The minimum Gasteiger partial charge on any atom is -0.460 e. The van der Waals surface area contributed by atoms with Gasteiger partial charge < -0.3 is 19.3 Å². The number of carbonyl (C=O) groups excluding carboxylic acids is 2. The summed E-state index contributed by atoms with van der Waals surface area (Å²) in [5.74, 6) is -0.0551. The summed E-state index contributed by atoms with van der Waals surface area (Å²) in [6.07, 6.45) is 2.00. The third-order valence-corrected chi connectivity index (χ3v) is 7.58. The van der Waals surface area contributed by atoms with Crippen LogP contribution in [0.25, 0.3) is 0 Å². The van der Waals surface area contributed by atoms with E-state index < -0.39 is 17.7 Å². The molecule has 2 atom stereocenters. The van der Waals surface area contributed by atoms with Crippen LogP contribution < -0.4 is 5.32 Å². The fourth-order valence-electron chi connectivity index (χ4n) is 5.24. The van der Waals surface area contributed by atoms with Crippen LogP contribution in [0.4, 0.5) is 16.2 Å². The third-order valence-electron chi connectivity index (χ3n) is 7.58. The Kier molecular flexibility index (Phi) is 7.71. The van der Waals surface area contributed by atoms with Gasteiger partial charge in [0.2, 0.25) is 5.91 Å². The molecule has 2 amide bonds. The molecule has 2 aliphatic heterocycles. The number of nitrogens with one attached hydrogen (secondary N) is 1. The first-order valence-electron chi connectivity index (χ1n) is 13.9. The van der Waals surface area contributed by atoms with E-state index in [1.54, 1.807) is 11.1 Å². The minimum absolute atomic E-state index is 0.0551. The van der Waals surface area contributed by atoms with Gasteiger partial charge >= 0.3 is 6.09 Å². The van der Waals surface area contributed by atoms with E-state index in [4.69, 9.17) is 14.5 Å². The second-order valence-electron chi connectivity index (χ2n) is 11.5. The van der Waals surface area contributed by atoms with Gasteiger partial charge in [0.15, 0.2) is 0 Å². The van der Waals surface area contributed by atoms with E-state index >= 15 is 0 Å². The van der Waals surface area contributed by atoms with E-state index in [1.807, 2.05) is 95.1 Å². The molecular weight excluding hydrogens is 518 g/mol. The number of pyridine rings is 1. The molecule has 0 radical (unpaired) electrons. The average Bonchev–Trinajstić information content (AvgIpc) is 2.96. The summed E-state index contributed by atoms with van der Waals surface area (Å²) < 4.78 is 11.6. The number of amidine groups is 1. The summed E-state index contributed by atoms with van der Waals surface area (Å²) in [7, 11) is 1.82. The molecule has 1 aromatic heterocycles. The van der Waals surface area contributed by atoms with Crippen molar-refractivity contribution in [1.29, 1.82) is 0 Å². The van der Waals surface area contributed by atoms with Gasteiger partial charge in [0.25, 0.3) is 6.02 Å². The van der Waals surface area contributed by atoms with E-state index in [-0.39, 0.29) is 18.6 Å². The number of amides is 2. The van der Waals surface area contributed by atoms with Gasteiger partial charge in [-0.25, -0.2) is 4.79 Å². The van der Waals surface area contributed by atoms with Crippen molar-refractivity contribution in [2.75, 3.05) is 18.9 Å². The number of likely N-dealkylation sites (N-methyl/N-ethyl adjacent to an activating group) is 1. The van der Waals surface area contributed by atoms with E-state index in [9.17, 15) is 9.59 Å². The smallest absolute Gasteiger partial charge is 0.412 e. The highest BCUT2D eigenvalue weighted by Gasteiger charge is 2.39. The maximum atomic E-state index is 14.2. The molecule has 0 aliphatic carbocycles. The topological polar surface area (TPSA) is 96.4 Å². The van der Waals surface area contributed by atoms with Gasteiger partial charge in [-0.05, 0) is 82.0 Å². The van der Waals surface area contributed by atoms with Crippen LogP contribution >= 0.6 is 0 Å². The first-order valence-corrected chi connectivity index (χ1v) is 13.9.